The number of hydrogen-bond donors (Lipinski definition) is 1. The molecule has 170 valence electrons. The molecule has 3 aromatic rings. The molecule has 0 radical (unpaired) electrons. The predicted octanol–water partition coefficient (Wildman–Crippen LogP) is 4.91. The highest BCUT2D eigenvalue weighted by Gasteiger charge is 2.32. The van der Waals surface area contributed by atoms with Gasteiger partial charge in [-0.2, -0.15) is 0 Å². The van der Waals surface area contributed by atoms with Gasteiger partial charge in [0.15, 0.2) is 8.68 Å². The number of anilines is 1. The Morgan fingerprint density at radius 2 is 1.67 bits per heavy atom. The largest absolute Gasteiger partial charge is 0.325 e. The molecule has 0 bridgehead atoms. The third-order valence-corrected chi connectivity index (χ3v) is 8.36. The molecule has 0 atom stereocenters. The van der Waals surface area contributed by atoms with E-state index in [2.05, 4.69) is 53.6 Å². The number of nitrogens with one attached hydrogen (secondary N) is 1. The first kappa shape index (κ1) is 23.5. The smallest absolute Gasteiger partial charge is 0.261 e. The van der Waals surface area contributed by atoms with Crippen molar-refractivity contribution in [2.45, 2.75) is 34.2 Å². The minimum atomic E-state index is -0.366. The summed E-state index contributed by atoms with van der Waals surface area (Å²) in [6.45, 7) is 4.36. The second kappa shape index (κ2) is 10.1. The van der Waals surface area contributed by atoms with E-state index >= 15 is 0 Å². The number of carbonyl (C=O) groups excluding carboxylic acids is 3. The highest BCUT2D eigenvalue weighted by Crippen LogP contribution is 2.31. The number of benzene rings is 2. The van der Waals surface area contributed by atoms with Gasteiger partial charge >= 0.3 is 0 Å². The van der Waals surface area contributed by atoms with Crippen molar-refractivity contribution in [1.29, 1.82) is 0 Å². The van der Waals surface area contributed by atoms with Gasteiger partial charge in [-0.3, -0.25) is 19.3 Å². The minimum absolute atomic E-state index is 0.166. The maximum absolute atomic E-state index is 12.3. The molecule has 0 fully saturated rings. The minimum Gasteiger partial charge on any atom is -0.325 e. The van der Waals surface area contributed by atoms with Crippen LogP contribution in [0.1, 0.15) is 51.6 Å². The highest BCUT2D eigenvalue weighted by atomic mass is 32.2. The Bertz CT molecular complexity index is 1210. The van der Waals surface area contributed by atoms with E-state index < -0.39 is 0 Å². The molecule has 1 aromatic heterocycles. The monoisotopic (exact) mass is 498 g/mol. The van der Waals surface area contributed by atoms with Crippen LogP contribution >= 0.6 is 34.9 Å². The maximum atomic E-state index is 12.3. The summed E-state index contributed by atoms with van der Waals surface area (Å²) in [6, 6.07) is 13.3. The summed E-state index contributed by atoms with van der Waals surface area (Å²) < 4.78 is 1.58. The summed E-state index contributed by atoms with van der Waals surface area (Å²) in [4.78, 5) is 37.5. The van der Waals surface area contributed by atoms with E-state index in [1.807, 2.05) is 0 Å². The Kier molecular flexibility index (Phi) is 7.16. The summed E-state index contributed by atoms with van der Waals surface area (Å²) in [5.74, 6) is 0.575. The highest BCUT2D eigenvalue weighted by molar-refractivity contribution is 8.03. The van der Waals surface area contributed by atoms with Crippen molar-refractivity contribution >= 4 is 58.3 Å². The first-order chi connectivity index (χ1) is 15.8. The molecule has 1 aliphatic heterocycles. The lowest BCUT2D eigenvalue weighted by Gasteiger charge is -2.06. The van der Waals surface area contributed by atoms with Crippen molar-refractivity contribution in [1.82, 2.24) is 15.1 Å². The van der Waals surface area contributed by atoms with Crippen molar-refractivity contribution in [2.24, 2.45) is 0 Å². The zero-order valence-electron chi connectivity index (χ0n) is 18.3. The van der Waals surface area contributed by atoms with Crippen molar-refractivity contribution < 1.29 is 14.4 Å². The second-order valence-corrected chi connectivity index (χ2v) is 11.2. The van der Waals surface area contributed by atoms with Crippen molar-refractivity contribution in [3.05, 3.63) is 64.7 Å². The summed E-state index contributed by atoms with van der Waals surface area (Å²) in [5.41, 5.74) is 3.69. The van der Waals surface area contributed by atoms with Gasteiger partial charge in [-0.15, -0.1) is 10.2 Å². The second-order valence-electron chi connectivity index (χ2n) is 7.79. The van der Waals surface area contributed by atoms with Gasteiger partial charge in [0, 0.05) is 18.5 Å². The first-order valence-electron chi connectivity index (χ1n) is 10.3. The van der Waals surface area contributed by atoms with Crippen molar-refractivity contribution in [3.63, 3.8) is 0 Å². The number of nitrogens with zero attached hydrogens (tertiary/aromatic N) is 3. The molecule has 7 nitrogen and oxygen atoms in total. The Labute approximate surface area is 204 Å². The molecular weight excluding hydrogens is 476 g/mol. The fourth-order valence-corrected chi connectivity index (χ4v) is 6.00. The van der Waals surface area contributed by atoms with Gasteiger partial charge in [-0.25, -0.2) is 0 Å². The lowest BCUT2D eigenvalue weighted by Crippen LogP contribution is -2.24. The molecule has 2 aromatic carbocycles. The first-order valence-corrected chi connectivity index (χ1v) is 13.0. The summed E-state index contributed by atoms with van der Waals surface area (Å²) in [7, 11) is 1.44. The predicted molar refractivity (Wildman–Crippen MR) is 132 cm³/mol. The van der Waals surface area contributed by atoms with E-state index in [0.29, 0.717) is 22.7 Å². The van der Waals surface area contributed by atoms with Gasteiger partial charge in [-0.05, 0) is 35.2 Å². The maximum Gasteiger partial charge on any atom is 0.261 e. The molecule has 1 aliphatic rings. The third-order valence-electron chi connectivity index (χ3n) is 5.10. The van der Waals surface area contributed by atoms with E-state index in [1.54, 1.807) is 23.9 Å². The molecule has 2 heterocycles. The van der Waals surface area contributed by atoms with Crippen LogP contribution in [0.2, 0.25) is 0 Å². The Morgan fingerprint density at radius 1 is 1.00 bits per heavy atom. The molecule has 0 unspecified atom stereocenters. The molecule has 0 spiro atoms. The van der Waals surface area contributed by atoms with Gasteiger partial charge in [0.25, 0.3) is 11.8 Å². The van der Waals surface area contributed by atoms with Gasteiger partial charge in [-0.1, -0.05) is 73.0 Å². The van der Waals surface area contributed by atoms with E-state index in [0.717, 1.165) is 19.3 Å². The van der Waals surface area contributed by atoms with Crippen LogP contribution in [-0.2, 0) is 10.5 Å². The lowest BCUT2D eigenvalue weighted by molar-refractivity contribution is -0.113. The normalized spacial score (nSPS) is 13.0. The number of imide groups is 1. The number of hydrogen-bond acceptors (Lipinski definition) is 8. The standard InChI is InChI=1S/C23H22N4O3S3/c1-13(2)15-6-4-14(5-7-15)11-31-22-25-26-23(33-22)32-12-19(28)24-16-8-9-17-18(10-16)21(30)27(3)20(17)29/h4-10,13H,11-12H2,1-3H3,(H,24,28). The number of thioether (sulfide) groups is 2. The number of amides is 3. The van der Waals surface area contributed by atoms with E-state index in [9.17, 15) is 14.4 Å². The van der Waals surface area contributed by atoms with Gasteiger partial charge in [0.1, 0.15) is 0 Å². The number of carbonyl (C=O) groups is 3. The number of fused-ring (bicyclic) bond motifs is 1. The molecule has 3 amide bonds. The topological polar surface area (TPSA) is 92.3 Å². The number of aromatic nitrogens is 2. The van der Waals surface area contributed by atoms with Crippen LogP contribution in [0.25, 0.3) is 0 Å². The van der Waals surface area contributed by atoms with Gasteiger partial charge < -0.3 is 5.32 Å². The third kappa shape index (κ3) is 5.45. The van der Waals surface area contributed by atoms with Crippen LogP contribution in [0, 0.1) is 0 Å². The summed E-state index contributed by atoms with van der Waals surface area (Å²) >= 11 is 4.40. The van der Waals surface area contributed by atoms with E-state index in [4.69, 9.17) is 0 Å². The Hall–Kier alpha value is -2.69. The van der Waals surface area contributed by atoms with Crippen LogP contribution in [-0.4, -0.2) is 45.6 Å². The lowest BCUT2D eigenvalue weighted by atomic mass is 10.0. The molecule has 33 heavy (non-hydrogen) atoms. The van der Waals surface area contributed by atoms with Crippen LogP contribution in [0.15, 0.2) is 51.1 Å². The molecule has 0 saturated heterocycles. The van der Waals surface area contributed by atoms with E-state index in [1.165, 1.54) is 47.3 Å². The summed E-state index contributed by atoms with van der Waals surface area (Å²) in [6.07, 6.45) is 0. The average Bonchev–Trinajstić information content (AvgIpc) is 3.35. The van der Waals surface area contributed by atoms with E-state index in [-0.39, 0.29) is 23.5 Å². The zero-order chi connectivity index (χ0) is 23.5. The quantitative estimate of drug-likeness (QED) is 0.348. The molecule has 4 rings (SSSR count). The fourth-order valence-electron chi connectivity index (χ4n) is 3.22. The van der Waals surface area contributed by atoms with Gasteiger partial charge in [0.2, 0.25) is 5.91 Å². The van der Waals surface area contributed by atoms with Crippen LogP contribution in [0.4, 0.5) is 5.69 Å². The van der Waals surface area contributed by atoms with Crippen molar-refractivity contribution in [3.8, 4) is 0 Å². The molecular formula is C23H22N4O3S3. The molecule has 1 N–H and O–H groups in total. The average molecular weight is 499 g/mol. The molecule has 0 saturated carbocycles. The Balaban J connectivity index is 1.27. The van der Waals surface area contributed by atoms with Crippen LogP contribution in [0.3, 0.4) is 0 Å². The fraction of sp³-hybridized carbons (Fsp3) is 0.261. The summed E-state index contributed by atoms with van der Waals surface area (Å²) in [5, 5.41) is 11.1. The SMILES string of the molecule is CC(C)c1ccc(CSc2nnc(SCC(=O)Nc3ccc4c(c3)C(=O)N(C)C4=O)s2)cc1. The molecule has 10 heteroatoms. The zero-order valence-corrected chi connectivity index (χ0v) is 20.8. The number of rotatable bonds is 8. The van der Waals surface area contributed by atoms with Crippen molar-refractivity contribution in [2.75, 3.05) is 18.1 Å². The Morgan fingerprint density at radius 3 is 2.36 bits per heavy atom. The van der Waals surface area contributed by atoms with Crippen LogP contribution in [0.5, 0.6) is 0 Å². The van der Waals surface area contributed by atoms with Gasteiger partial charge in [0.05, 0.1) is 16.9 Å². The molecule has 0 aliphatic carbocycles. The van der Waals surface area contributed by atoms with Crippen LogP contribution < -0.4 is 5.32 Å².